The Morgan fingerprint density at radius 1 is 0.906 bits per heavy atom. The highest BCUT2D eigenvalue weighted by molar-refractivity contribution is 5.98. The summed E-state index contributed by atoms with van der Waals surface area (Å²) >= 11 is 0. The van der Waals surface area contributed by atoms with E-state index in [1.807, 2.05) is 43.4 Å². The average molecular weight is 438 g/mol. The lowest BCUT2D eigenvalue weighted by molar-refractivity contribution is -0.150. The smallest absolute Gasteiger partial charge is 0.307 e. The molecule has 8 heteroatoms. The Labute approximate surface area is 185 Å². The van der Waals surface area contributed by atoms with E-state index in [4.69, 9.17) is 0 Å². The average Bonchev–Trinajstić information content (AvgIpc) is 3.16. The number of amides is 1. The molecule has 8 nitrogen and oxygen atoms in total. The number of benzene rings is 2. The van der Waals surface area contributed by atoms with Crippen molar-refractivity contribution in [2.75, 3.05) is 17.7 Å². The Kier molecular flexibility index (Phi) is 7.25. The van der Waals surface area contributed by atoms with Gasteiger partial charge in [-0.3, -0.25) is 14.4 Å². The van der Waals surface area contributed by atoms with Crippen LogP contribution in [0.3, 0.4) is 0 Å². The molecule has 3 rings (SSSR count). The number of carboxylic acid groups (broad SMARTS) is 2. The Bertz CT molecular complexity index is 987. The molecule has 0 radical (unpaired) electrons. The van der Waals surface area contributed by atoms with Gasteiger partial charge in [0.1, 0.15) is 6.29 Å². The van der Waals surface area contributed by atoms with E-state index in [-0.39, 0.29) is 12.8 Å². The summed E-state index contributed by atoms with van der Waals surface area (Å²) < 4.78 is 0. The van der Waals surface area contributed by atoms with Crippen LogP contribution in [0.15, 0.2) is 48.5 Å². The number of hydrogen-bond acceptors (Lipinski definition) is 5. The van der Waals surface area contributed by atoms with E-state index in [2.05, 4.69) is 10.6 Å². The number of aliphatic carboxylic acids is 2. The van der Waals surface area contributed by atoms with Crippen LogP contribution in [0.25, 0.3) is 0 Å². The fourth-order valence-electron chi connectivity index (χ4n) is 4.44. The number of carbonyl (C=O) groups is 4. The van der Waals surface area contributed by atoms with Crippen LogP contribution >= 0.6 is 0 Å². The van der Waals surface area contributed by atoms with Crippen molar-refractivity contribution in [3.63, 3.8) is 0 Å². The van der Waals surface area contributed by atoms with Gasteiger partial charge in [-0.25, -0.2) is 0 Å². The molecule has 1 fully saturated rings. The van der Waals surface area contributed by atoms with Crippen LogP contribution in [-0.4, -0.2) is 41.4 Å². The summed E-state index contributed by atoms with van der Waals surface area (Å²) in [5, 5.41) is 24.9. The molecule has 0 saturated heterocycles. The minimum absolute atomic E-state index is 0.0194. The summed E-state index contributed by atoms with van der Waals surface area (Å²) in [6, 6.07) is 15.1. The quantitative estimate of drug-likeness (QED) is 0.443. The van der Waals surface area contributed by atoms with Crippen molar-refractivity contribution in [2.45, 2.75) is 19.3 Å². The SMILES string of the molecule is CNc1ccc(Cc2ccc(NC(=O)C3C(C(=O)O)CC(CC=O)C3C(=O)O)cc2)cc1. The highest BCUT2D eigenvalue weighted by atomic mass is 16.4. The number of anilines is 2. The van der Waals surface area contributed by atoms with Crippen LogP contribution < -0.4 is 10.6 Å². The maximum atomic E-state index is 12.9. The molecule has 0 spiro atoms. The van der Waals surface area contributed by atoms with Crippen molar-refractivity contribution in [1.82, 2.24) is 0 Å². The van der Waals surface area contributed by atoms with E-state index in [1.54, 1.807) is 12.1 Å². The van der Waals surface area contributed by atoms with Gasteiger partial charge >= 0.3 is 11.9 Å². The molecule has 1 amide bonds. The first kappa shape index (κ1) is 23.0. The third-order valence-corrected chi connectivity index (χ3v) is 6.06. The summed E-state index contributed by atoms with van der Waals surface area (Å²) in [5.74, 6) is -7.46. The van der Waals surface area contributed by atoms with Crippen molar-refractivity contribution >= 4 is 35.5 Å². The molecule has 168 valence electrons. The maximum Gasteiger partial charge on any atom is 0.307 e. The zero-order chi connectivity index (χ0) is 23.3. The standard InChI is InChI=1S/C24H26N2O6/c1-25-17-6-2-14(3-7-17)12-15-4-8-18(9-5-15)26-22(28)21-19(23(29)30)13-16(10-11-27)20(21)24(31)32/h2-9,11,16,19-21,25H,10,12-13H2,1H3,(H,26,28)(H,29,30)(H,31,32). The van der Waals surface area contributed by atoms with E-state index in [1.165, 1.54) is 0 Å². The molecule has 0 aliphatic heterocycles. The van der Waals surface area contributed by atoms with Gasteiger partial charge in [-0.2, -0.15) is 0 Å². The molecule has 1 aliphatic rings. The molecule has 32 heavy (non-hydrogen) atoms. The second kappa shape index (κ2) is 10.1. The minimum Gasteiger partial charge on any atom is -0.481 e. The highest BCUT2D eigenvalue weighted by Gasteiger charge is 2.53. The van der Waals surface area contributed by atoms with Crippen LogP contribution in [-0.2, 0) is 25.6 Å². The van der Waals surface area contributed by atoms with Crippen molar-refractivity contribution in [2.24, 2.45) is 23.7 Å². The van der Waals surface area contributed by atoms with E-state index < -0.39 is 41.5 Å². The monoisotopic (exact) mass is 438 g/mol. The van der Waals surface area contributed by atoms with Crippen LogP contribution in [0.1, 0.15) is 24.0 Å². The van der Waals surface area contributed by atoms with Crippen LogP contribution in [0, 0.1) is 23.7 Å². The number of carboxylic acids is 2. The fraction of sp³-hybridized carbons (Fsp3) is 0.333. The number of hydrogen-bond donors (Lipinski definition) is 4. The zero-order valence-corrected chi connectivity index (χ0v) is 17.7. The molecule has 4 N–H and O–H groups in total. The normalized spacial score (nSPS) is 22.2. The lowest BCUT2D eigenvalue weighted by atomic mass is 9.85. The molecule has 2 aromatic carbocycles. The van der Waals surface area contributed by atoms with Crippen molar-refractivity contribution in [3.8, 4) is 0 Å². The zero-order valence-electron chi connectivity index (χ0n) is 17.7. The third-order valence-electron chi connectivity index (χ3n) is 6.06. The van der Waals surface area contributed by atoms with Gasteiger partial charge in [0.25, 0.3) is 0 Å². The number of carbonyl (C=O) groups excluding carboxylic acids is 2. The maximum absolute atomic E-state index is 12.9. The molecule has 0 heterocycles. The van der Waals surface area contributed by atoms with Gasteiger partial charge < -0.3 is 25.6 Å². The number of aldehydes is 1. The van der Waals surface area contributed by atoms with Gasteiger partial charge in [0.2, 0.25) is 5.91 Å². The van der Waals surface area contributed by atoms with E-state index in [0.717, 1.165) is 16.8 Å². The topological polar surface area (TPSA) is 133 Å². The number of nitrogens with one attached hydrogen (secondary N) is 2. The van der Waals surface area contributed by atoms with Crippen LogP contribution in [0.5, 0.6) is 0 Å². The lowest BCUT2D eigenvalue weighted by Crippen LogP contribution is -2.37. The van der Waals surface area contributed by atoms with Crippen molar-refractivity contribution in [1.29, 1.82) is 0 Å². The van der Waals surface area contributed by atoms with Crippen molar-refractivity contribution < 1.29 is 29.4 Å². The van der Waals surface area contributed by atoms with Crippen LogP contribution in [0.2, 0.25) is 0 Å². The molecular weight excluding hydrogens is 412 g/mol. The van der Waals surface area contributed by atoms with E-state index >= 15 is 0 Å². The van der Waals surface area contributed by atoms with E-state index in [9.17, 15) is 29.4 Å². The van der Waals surface area contributed by atoms with E-state index in [0.29, 0.717) is 18.4 Å². The Balaban J connectivity index is 1.72. The summed E-state index contributed by atoms with van der Waals surface area (Å²) in [7, 11) is 1.85. The fourth-order valence-corrected chi connectivity index (χ4v) is 4.44. The predicted octanol–water partition coefficient (Wildman–Crippen LogP) is 2.88. The molecule has 0 bridgehead atoms. The lowest BCUT2D eigenvalue weighted by Gasteiger charge is -2.21. The Morgan fingerprint density at radius 2 is 1.47 bits per heavy atom. The summed E-state index contributed by atoms with van der Waals surface area (Å²) in [4.78, 5) is 47.3. The molecular formula is C24H26N2O6. The van der Waals surface area contributed by atoms with Crippen molar-refractivity contribution in [3.05, 3.63) is 59.7 Å². The largest absolute Gasteiger partial charge is 0.481 e. The van der Waals surface area contributed by atoms with Gasteiger partial charge in [-0.15, -0.1) is 0 Å². The van der Waals surface area contributed by atoms with Crippen LogP contribution in [0.4, 0.5) is 11.4 Å². The van der Waals surface area contributed by atoms with Gasteiger partial charge in [0.15, 0.2) is 0 Å². The van der Waals surface area contributed by atoms with Gasteiger partial charge in [0, 0.05) is 24.8 Å². The molecule has 4 unspecified atom stereocenters. The Hall–Kier alpha value is -3.68. The molecule has 4 atom stereocenters. The van der Waals surface area contributed by atoms with Gasteiger partial charge in [-0.05, 0) is 54.2 Å². The Morgan fingerprint density at radius 3 is 1.94 bits per heavy atom. The molecule has 1 saturated carbocycles. The number of rotatable bonds is 9. The first-order valence-electron chi connectivity index (χ1n) is 10.4. The second-order valence-electron chi connectivity index (χ2n) is 8.04. The summed E-state index contributed by atoms with van der Waals surface area (Å²) in [6.07, 6.45) is 1.17. The molecule has 2 aromatic rings. The molecule has 0 aromatic heterocycles. The predicted molar refractivity (Wildman–Crippen MR) is 118 cm³/mol. The summed E-state index contributed by atoms with van der Waals surface area (Å²) in [6.45, 7) is 0. The highest BCUT2D eigenvalue weighted by Crippen LogP contribution is 2.44. The van der Waals surface area contributed by atoms with Gasteiger partial charge in [0.05, 0.1) is 17.8 Å². The van der Waals surface area contributed by atoms with Gasteiger partial charge in [-0.1, -0.05) is 24.3 Å². The minimum atomic E-state index is -1.26. The third kappa shape index (κ3) is 5.14. The molecule has 1 aliphatic carbocycles. The second-order valence-corrected chi connectivity index (χ2v) is 8.04. The first-order valence-corrected chi connectivity index (χ1v) is 10.4. The first-order chi connectivity index (χ1) is 15.3. The summed E-state index contributed by atoms with van der Waals surface area (Å²) in [5.41, 5.74) is 3.63.